The van der Waals surface area contributed by atoms with Gasteiger partial charge in [-0.25, -0.2) is 0 Å². The molecule has 0 spiro atoms. The van der Waals surface area contributed by atoms with Crippen molar-refractivity contribution in [2.45, 2.75) is 115 Å². The highest BCUT2D eigenvalue weighted by Gasteiger charge is 2.11. The fourth-order valence-electron chi connectivity index (χ4n) is 3.86. The largest absolute Gasteiger partial charge is 0.342 e. The van der Waals surface area contributed by atoms with Crippen molar-refractivity contribution in [2.24, 2.45) is 0 Å². The Balaban J connectivity index is 1.87. The molecule has 1 amide bonds. The van der Waals surface area contributed by atoms with Gasteiger partial charge in [-0.15, -0.1) is 12.6 Å². The minimum Gasteiger partial charge on any atom is -0.342 e. The Morgan fingerprint density at radius 2 is 1.21 bits per heavy atom. The topological polar surface area (TPSA) is 20.3 Å². The Morgan fingerprint density at radius 1 is 0.759 bits per heavy atom. The first-order valence-electron chi connectivity index (χ1n) is 12.2. The summed E-state index contributed by atoms with van der Waals surface area (Å²) in [4.78, 5) is 15.1. The van der Waals surface area contributed by atoms with Gasteiger partial charge in [0.2, 0.25) is 0 Å². The molecule has 3 heteroatoms. The smallest absolute Gasteiger partial charge is 0.253 e. The average molecular weight is 420 g/mol. The third-order valence-corrected chi connectivity index (χ3v) is 6.07. The third kappa shape index (κ3) is 13.8. The van der Waals surface area contributed by atoms with Gasteiger partial charge in [0, 0.05) is 24.1 Å². The second kappa shape index (κ2) is 17.9. The van der Waals surface area contributed by atoms with Crippen LogP contribution in [0.4, 0.5) is 0 Å². The lowest BCUT2D eigenvalue weighted by molar-refractivity contribution is 0.0792. The van der Waals surface area contributed by atoms with Gasteiger partial charge in [0.15, 0.2) is 0 Å². The maximum Gasteiger partial charge on any atom is 0.253 e. The summed E-state index contributed by atoms with van der Waals surface area (Å²) < 4.78 is 0. The summed E-state index contributed by atoms with van der Waals surface area (Å²) in [7, 11) is 1.90. The van der Waals surface area contributed by atoms with Crippen LogP contribution in [0.5, 0.6) is 0 Å². The zero-order chi connectivity index (χ0) is 21.2. The van der Waals surface area contributed by atoms with E-state index in [2.05, 4.69) is 19.6 Å². The van der Waals surface area contributed by atoms with E-state index in [1.165, 1.54) is 96.3 Å². The number of carbonyl (C=O) groups is 1. The molecule has 0 atom stereocenters. The Kier molecular flexibility index (Phi) is 16.1. The van der Waals surface area contributed by atoms with Gasteiger partial charge < -0.3 is 4.90 Å². The monoisotopic (exact) mass is 419 g/mol. The normalized spacial score (nSPS) is 11.0. The summed E-state index contributed by atoms with van der Waals surface area (Å²) in [6.45, 7) is 3.13. The van der Waals surface area contributed by atoms with E-state index in [1.54, 1.807) is 0 Å². The number of benzene rings is 1. The van der Waals surface area contributed by atoms with Crippen LogP contribution in [0.1, 0.15) is 120 Å². The van der Waals surface area contributed by atoms with Crippen molar-refractivity contribution < 1.29 is 4.79 Å². The molecular formula is C26H45NOS. The molecule has 2 nitrogen and oxygen atoms in total. The fourth-order valence-corrected chi connectivity index (χ4v) is 4.08. The molecule has 0 aromatic heterocycles. The molecule has 166 valence electrons. The number of rotatable bonds is 18. The van der Waals surface area contributed by atoms with Crippen LogP contribution < -0.4 is 0 Å². The second-order valence-corrected chi connectivity index (χ2v) is 9.10. The molecule has 0 saturated carbocycles. The minimum atomic E-state index is 0.0989. The molecule has 0 aliphatic heterocycles. The van der Waals surface area contributed by atoms with E-state index in [0.29, 0.717) is 0 Å². The lowest BCUT2D eigenvalue weighted by atomic mass is 10.0. The van der Waals surface area contributed by atoms with Crippen molar-refractivity contribution in [3.05, 3.63) is 29.8 Å². The minimum absolute atomic E-state index is 0.0989. The van der Waals surface area contributed by atoms with Gasteiger partial charge in [-0.1, -0.05) is 109 Å². The number of nitrogens with zero attached hydrogens (tertiary/aromatic N) is 1. The molecule has 0 saturated heterocycles. The molecule has 0 aliphatic rings. The molecule has 1 aromatic rings. The summed E-state index contributed by atoms with van der Waals surface area (Å²) in [6, 6.07) is 7.50. The van der Waals surface area contributed by atoms with E-state index in [-0.39, 0.29) is 5.91 Å². The first-order valence-corrected chi connectivity index (χ1v) is 12.6. The fraction of sp³-hybridized carbons (Fsp3) is 0.731. The Morgan fingerprint density at radius 3 is 1.66 bits per heavy atom. The zero-order valence-corrected chi connectivity index (χ0v) is 20.0. The number of hydrogen-bond acceptors (Lipinski definition) is 2. The quantitative estimate of drug-likeness (QED) is 0.187. The van der Waals surface area contributed by atoms with Crippen molar-refractivity contribution in [3.8, 4) is 0 Å². The van der Waals surface area contributed by atoms with Crippen LogP contribution in [0, 0.1) is 0 Å². The number of unbranched alkanes of at least 4 members (excludes halogenated alkanes) is 15. The number of hydrogen-bond donors (Lipinski definition) is 1. The van der Waals surface area contributed by atoms with E-state index in [0.717, 1.165) is 23.4 Å². The van der Waals surface area contributed by atoms with E-state index in [1.807, 2.05) is 36.2 Å². The van der Waals surface area contributed by atoms with Crippen LogP contribution in [-0.2, 0) is 0 Å². The molecule has 0 unspecified atom stereocenters. The molecule has 0 radical (unpaired) electrons. The van der Waals surface area contributed by atoms with Crippen LogP contribution in [0.3, 0.4) is 0 Å². The second-order valence-electron chi connectivity index (χ2n) is 8.58. The predicted octanol–water partition coefficient (Wildman–Crippen LogP) is 8.31. The van der Waals surface area contributed by atoms with Gasteiger partial charge in [-0.05, 0) is 24.6 Å². The van der Waals surface area contributed by atoms with E-state index in [4.69, 9.17) is 0 Å². The summed E-state index contributed by atoms with van der Waals surface area (Å²) in [5, 5.41) is 0. The highest BCUT2D eigenvalue weighted by Crippen LogP contribution is 2.14. The van der Waals surface area contributed by atoms with Gasteiger partial charge >= 0.3 is 0 Å². The van der Waals surface area contributed by atoms with Crippen LogP contribution in [0.2, 0.25) is 0 Å². The zero-order valence-electron chi connectivity index (χ0n) is 19.1. The SMILES string of the molecule is CCCCCCCCCCCCCCCCCCN(C)C(=O)c1cccc(S)c1. The molecular weight excluding hydrogens is 374 g/mol. The van der Waals surface area contributed by atoms with Gasteiger partial charge in [0.05, 0.1) is 0 Å². The van der Waals surface area contributed by atoms with Gasteiger partial charge in [0.25, 0.3) is 5.91 Å². The van der Waals surface area contributed by atoms with Crippen molar-refractivity contribution in [1.29, 1.82) is 0 Å². The van der Waals surface area contributed by atoms with Crippen molar-refractivity contribution in [2.75, 3.05) is 13.6 Å². The predicted molar refractivity (Wildman–Crippen MR) is 130 cm³/mol. The summed E-state index contributed by atoms with van der Waals surface area (Å²) in [5.41, 5.74) is 0.733. The maximum atomic E-state index is 12.4. The van der Waals surface area contributed by atoms with Crippen LogP contribution in [-0.4, -0.2) is 24.4 Å². The van der Waals surface area contributed by atoms with Crippen LogP contribution >= 0.6 is 12.6 Å². The Labute approximate surface area is 186 Å². The molecule has 1 rings (SSSR count). The van der Waals surface area contributed by atoms with E-state index >= 15 is 0 Å². The first kappa shape index (κ1) is 26.1. The number of carbonyl (C=O) groups excluding carboxylic acids is 1. The Bertz CT molecular complexity index is 531. The average Bonchev–Trinajstić information content (AvgIpc) is 2.72. The lowest BCUT2D eigenvalue weighted by Gasteiger charge is -2.17. The lowest BCUT2D eigenvalue weighted by Crippen LogP contribution is -2.27. The van der Waals surface area contributed by atoms with Crippen molar-refractivity contribution in [3.63, 3.8) is 0 Å². The van der Waals surface area contributed by atoms with Crippen molar-refractivity contribution >= 4 is 18.5 Å². The third-order valence-electron chi connectivity index (χ3n) is 5.79. The summed E-state index contributed by atoms with van der Waals surface area (Å²) in [5.74, 6) is 0.0989. The Hall–Kier alpha value is -0.960. The summed E-state index contributed by atoms with van der Waals surface area (Å²) in [6.07, 6.45) is 22.0. The van der Waals surface area contributed by atoms with Gasteiger partial charge in [-0.3, -0.25) is 4.79 Å². The number of amides is 1. The molecule has 29 heavy (non-hydrogen) atoms. The number of thiol groups is 1. The molecule has 0 aliphatic carbocycles. The molecule has 1 aromatic carbocycles. The molecule has 0 bridgehead atoms. The highest BCUT2D eigenvalue weighted by atomic mass is 32.1. The van der Waals surface area contributed by atoms with E-state index in [9.17, 15) is 4.79 Å². The first-order chi connectivity index (χ1) is 14.1. The standard InChI is InChI=1S/C26H45NOS/c1-3-4-5-6-7-8-9-10-11-12-13-14-15-16-17-18-22-27(2)26(28)24-20-19-21-25(29)23-24/h19-21,23,29H,3-18,22H2,1-2H3. The maximum absolute atomic E-state index is 12.4. The summed E-state index contributed by atoms with van der Waals surface area (Å²) >= 11 is 4.31. The van der Waals surface area contributed by atoms with Gasteiger partial charge in [-0.2, -0.15) is 0 Å². The molecule has 0 fully saturated rings. The molecule has 0 N–H and O–H groups in total. The van der Waals surface area contributed by atoms with Gasteiger partial charge in [0.1, 0.15) is 0 Å². The van der Waals surface area contributed by atoms with Crippen LogP contribution in [0.25, 0.3) is 0 Å². The molecule has 0 heterocycles. The van der Waals surface area contributed by atoms with E-state index < -0.39 is 0 Å². The van der Waals surface area contributed by atoms with Crippen molar-refractivity contribution in [1.82, 2.24) is 4.90 Å². The van der Waals surface area contributed by atoms with Crippen LogP contribution in [0.15, 0.2) is 29.2 Å². The highest BCUT2D eigenvalue weighted by molar-refractivity contribution is 7.80.